The average Bonchev–Trinajstić information content (AvgIpc) is 2.60. The van der Waals surface area contributed by atoms with Crippen LogP contribution in [0, 0.1) is 0 Å². The molecule has 0 saturated carbocycles. The van der Waals surface area contributed by atoms with Gasteiger partial charge in [0.2, 0.25) is 0 Å². The van der Waals surface area contributed by atoms with Gasteiger partial charge in [-0.15, -0.1) is 0 Å². The van der Waals surface area contributed by atoms with Gasteiger partial charge in [-0.25, -0.2) is 0 Å². The highest BCUT2D eigenvalue weighted by atomic mass is 16.7. The van der Waals surface area contributed by atoms with Crippen molar-refractivity contribution in [3.63, 3.8) is 0 Å². The molecule has 0 aromatic rings. The van der Waals surface area contributed by atoms with E-state index in [0.29, 0.717) is 13.2 Å². The lowest BCUT2D eigenvalue weighted by molar-refractivity contribution is -0.170. The molecule has 2 rings (SSSR count). The van der Waals surface area contributed by atoms with Gasteiger partial charge in [-0.05, 0) is 39.5 Å². The summed E-state index contributed by atoms with van der Waals surface area (Å²) in [6.45, 7) is 6.08. The summed E-state index contributed by atoms with van der Waals surface area (Å²) < 4.78 is 22.3. The lowest BCUT2D eigenvalue weighted by Gasteiger charge is -2.23. The van der Waals surface area contributed by atoms with E-state index in [9.17, 15) is 0 Å². The molecule has 2 heterocycles. The van der Waals surface area contributed by atoms with Crippen LogP contribution < -0.4 is 0 Å². The minimum Gasteiger partial charge on any atom is -0.353 e. The van der Waals surface area contributed by atoms with Crippen molar-refractivity contribution in [1.29, 1.82) is 0 Å². The Hall–Kier alpha value is -0.160. The molecular formula is C12H22O4. The molecule has 2 aliphatic rings. The predicted octanol–water partition coefficient (Wildman–Crippen LogP) is 2.07. The van der Waals surface area contributed by atoms with Crippen LogP contribution in [-0.2, 0) is 18.9 Å². The molecule has 0 bridgehead atoms. The highest BCUT2D eigenvalue weighted by molar-refractivity contribution is 4.70. The Kier molecular flexibility index (Phi) is 4.19. The fraction of sp³-hybridized carbons (Fsp3) is 1.00. The predicted molar refractivity (Wildman–Crippen MR) is 59.1 cm³/mol. The second kappa shape index (κ2) is 5.45. The molecule has 2 unspecified atom stereocenters. The van der Waals surface area contributed by atoms with E-state index in [0.717, 1.165) is 25.9 Å². The second-order valence-electron chi connectivity index (χ2n) is 4.91. The topological polar surface area (TPSA) is 36.9 Å². The van der Waals surface area contributed by atoms with Crippen molar-refractivity contribution in [2.75, 3.05) is 19.8 Å². The smallest absolute Gasteiger partial charge is 0.163 e. The van der Waals surface area contributed by atoms with Crippen LogP contribution in [0.15, 0.2) is 0 Å². The molecule has 0 spiro atoms. The first kappa shape index (κ1) is 12.3. The third-order valence-electron chi connectivity index (χ3n) is 2.95. The van der Waals surface area contributed by atoms with E-state index < -0.39 is 5.79 Å². The maximum atomic E-state index is 5.70. The van der Waals surface area contributed by atoms with Crippen molar-refractivity contribution in [3.8, 4) is 0 Å². The zero-order valence-electron chi connectivity index (χ0n) is 10.2. The highest BCUT2D eigenvalue weighted by Crippen LogP contribution is 2.24. The van der Waals surface area contributed by atoms with Crippen molar-refractivity contribution in [2.24, 2.45) is 0 Å². The largest absolute Gasteiger partial charge is 0.353 e. The molecule has 2 fully saturated rings. The van der Waals surface area contributed by atoms with Gasteiger partial charge in [-0.3, -0.25) is 0 Å². The number of ether oxygens (including phenoxy) is 4. The summed E-state index contributed by atoms with van der Waals surface area (Å²) in [5, 5.41) is 0. The van der Waals surface area contributed by atoms with E-state index in [1.165, 1.54) is 6.42 Å². The summed E-state index contributed by atoms with van der Waals surface area (Å²) in [4.78, 5) is 0. The molecule has 0 N–H and O–H groups in total. The zero-order chi connectivity index (χ0) is 11.4. The number of hydrogen-bond acceptors (Lipinski definition) is 4. The van der Waals surface area contributed by atoms with Crippen molar-refractivity contribution < 1.29 is 18.9 Å². The summed E-state index contributed by atoms with van der Waals surface area (Å²) in [5.41, 5.74) is 0. The molecule has 2 saturated heterocycles. The molecule has 0 aliphatic carbocycles. The molecule has 0 amide bonds. The Balaban J connectivity index is 1.58. The van der Waals surface area contributed by atoms with Gasteiger partial charge in [0.1, 0.15) is 0 Å². The second-order valence-corrected chi connectivity index (χ2v) is 4.91. The summed E-state index contributed by atoms with van der Waals surface area (Å²) in [6.07, 6.45) is 4.44. The van der Waals surface area contributed by atoms with Gasteiger partial charge in [0, 0.05) is 6.61 Å². The van der Waals surface area contributed by atoms with Gasteiger partial charge in [0.05, 0.1) is 19.3 Å². The van der Waals surface area contributed by atoms with E-state index in [4.69, 9.17) is 18.9 Å². The Labute approximate surface area is 97.2 Å². The highest BCUT2D eigenvalue weighted by Gasteiger charge is 2.32. The fourth-order valence-corrected chi connectivity index (χ4v) is 2.08. The van der Waals surface area contributed by atoms with Gasteiger partial charge in [0.15, 0.2) is 12.1 Å². The summed E-state index contributed by atoms with van der Waals surface area (Å²) in [7, 11) is 0. The minimum absolute atomic E-state index is 0.00378. The summed E-state index contributed by atoms with van der Waals surface area (Å²) >= 11 is 0. The van der Waals surface area contributed by atoms with Crippen molar-refractivity contribution in [1.82, 2.24) is 0 Å². The Morgan fingerprint density at radius 1 is 1.31 bits per heavy atom. The maximum absolute atomic E-state index is 5.70. The van der Waals surface area contributed by atoms with Gasteiger partial charge in [-0.2, -0.15) is 0 Å². The third-order valence-corrected chi connectivity index (χ3v) is 2.95. The van der Waals surface area contributed by atoms with Crippen LogP contribution >= 0.6 is 0 Å². The van der Waals surface area contributed by atoms with Crippen LogP contribution in [0.25, 0.3) is 0 Å². The monoisotopic (exact) mass is 230 g/mol. The molecular weight excluding hydrogens is 208 g/mol. The molecule has 4 heteroatoms. The third kappa shape index (κ3) is 3.70. The molecule has 16 heavy (non-hydrogen) atoms. The van der Waals surface area contributed by atoms with Crippen LogP contribution in [0.1, 0.15) is 39.5 Å². The molecule has 4 nitrogen and oxygen atoms in total. The first-order valence-electron chi connectivity index (χ1n) is 6.21. The van der Waals surface area contributed by atoms with E-state index in [2.05, 4.69) is 0 Å². The quantitative estimate of drug-likeness (QED) is 0.741. The zero-order valence-corrected chi connectivity index (χ0v) is 10.2. The normalized spacial score (nSPS) is 34.1. The van der Waals surface area contributed by atoms with Crippen LogP contribution in [0.5, 0.6) is 0 Å². The number of rotatable bonds is 4. The Morgan fingerprint density at radius 2 is 2.19 bits per heavy atom. The van der Waals surface area contributed by atoms with E-state index in [1.54, 1.807) is 0 Å². The molecule has 0 radical (unpaired) electrons. The van der Waals surface area contributed by atoms with Gasteiger partial charge in [0.25, 0.3) is 0 Å². The van der Waals surface area contributed by atoms with Crippen molar-refractivity contribution in [2.45, 2.75) is 57.7 Å². The van der Waals surface area contributed by atoms with Crippen LogP contribution in [0.4, 0.5) is 0 Å². The summed E-state index contributed by atoms with van der Waals surface area (Å²) in [6, 6.07) is 0. The first-order valence-corrected chi connectivity index (χ1v) is 6.21. The molecule has 2 atom stereocenters. The lowest BCUT2D eigenvalue weighted by Crippen LogP contribution is -2.25. The minimum atomic E-state index is -0.425. The lowest BCUT2D eigenvalue weighted by atomic mass is 10.2. The molecule has 0 aromatic carbocycles. The fourth-order valence-electron chi connectivity index (χ4n) is 2.08. The average molecular weight is 230 g/mol. The number of hydrogen-bond donors (Lipinski definition) is 0. The van der Waals surface area contributed by atoms with Crippen LogP contribution in [-0.4, -0.2) is 38.0 Å². The van der Waals surface area contributed by atoms with E-state index in [1.807, 2.05) is 13.8 Å². The van der Waals surface area contributed by atoms with Gasteiger partial charge in [-0.1, -0.05) is 0 Å². The van der Waals surface area contributed by atoms with Crippen LogP contribution in [0.2, 0.25) is 0 Å². The maximum Gasteiger partial charge on any atom is 0.163 e. The Morgan fingerprint density at radius 3 is 2.81 bits per heavy atom. The SMILES string of the molecule is CC1(C)OCC(CCOC2CCCCO2)O1. The van der Waals surface area contributed by atoms with Crippen molar-refractivity contribution in [3.05, 3.63) is 0 Å². The van der Waals surface area contributed by atoms with Gasteiger partial charge >= 0.3 is 0 Å². The van der Waals surface area contributed by atoms with E-state index >= 15 is 0 Å². The van der Waals surface area contributed by atoms with Crippen molar-refractivity contribution >= 4 is 0 Å². The summed E-state index contributed by atoms with van der Waals surface area (Å²) in [5.74, 6) is -0.425. The van der Waals surface area contributed by atoms with Crippen LogP contribution in [0.3, 0.4) is 0 Å². The molecule has 94 valence electrons. The molecule has 2 aliphatic heterocycles. The Bertz CT molecular complexity index is 211. The standard InChI is InChI=1S/C12H22O4/c1-12(2)15-9-10(16-12)6-8-14-11-5-3-4-7-13-11/h10-11H,3-9H2,1-2H3. The van der Waals surface area contributed by atoms with Gasteiger partial charge < -0.3 is 18.9 Å². The first-order chi connectivity index (χ1) is 7.66. The molecule has 0 aromatic heterocycles. The van der Waals surface area contributed by atoms with E-state index in [-0.39, 0.29) is 12.4 Å².